The van der Waals surface area contributed by atoms with Crippen LogP contribution in [0.1, 0.15) is 19.4 Å². The van der Waals surface area contributed by atoms with Crippen molar-refractivity contribution in [2.75, 3.05) is 6.26 Å². The molecule has 1 aromatic carbocycles. The van der Waals surface area contributed by atoms with E-state index >= 15 is 0 Å². The number of nitrogens with one attached hydrogen (secondary N) is 3. The van der Waals surface area contributed by atoms with Gasteiger partial charge in [-0.3, -0.25) is 9.59 Å². The summed E-state index contributed by atoms with van der Waals surface area (Å²) in [6, 6.07) is 7.62. The Labute approximate surface area is 144 Å². The van der Waals surface area contributed by atoms with Gasteiger partial charge in [-0.25, -0.2) is 0 Å². The molecule has 0 saturated carbocycles. The minimum Gasteiger partial charge on any atom is -0.363 e. The third-order valence-corrected chi connectivity index (χ3v) is 5.99. The van der Waals surface area contributed by atoms with Gasteiger partial charge in [-0.15, -0.1) is 11.8 Å². The summed E-state index contributed by atoms with van der Waals surface area (Å²) in [7, 11) is 0. The van der Waals surface area contributed by atoms with Gasteiger partial charge in [0.1, 0.15) is 0 Å². The number of carbonyl (C=O) groups is 2. The van der Waals surface area contributed by atoms with E-state index in [1.807, 2.05) is 38.1 Å². The SMILES string of the molecule is CSC1(C(C)C)NC(=O)C(O)(Cc2c[nH]c3ccccc23)NC1=O. The molecule has 2 amide bonds. The minimum atomic E-state index is -1.96. The van der Waals surface area contributed by atoms with Gasteiger partial charge in [0.25, 0.3) is 11.8 Å². The molecule has 0 radical (unpaired) electrons. The topological polar surface area (TPSA) is 94.2 Å². The minimum absolute atomic E-state index is 0.00283. The lowest BCUT2D eigenvalue weighted by Gasteiger charge is -2.44. The van der Waals surface area contributed by atoms with Crippen molar-refractivity contribution in [1.82, 2.24) is 15.6 Å². The Bertz CT molecular complexity index is 803. The van der Waals surface area contributed by atoms with Gasteiger partial charge in [0.05, 0.1) is 0 Å². The molecular formula is C17H21N3O3S. The van der Waals surface area contributed by atoms with E-state index in [1.54, 1.807) is 12.5 Å². The molecule has 1 saturated heterocycles. The van der Waals surface area contributed by atoms with Crippen LogP contribution in [0, 0.1) is 5.92 Å². The van der Waals surface area contributed by atoms with Gasteiger partial charge in [0, 0.05) is 23.5 Å². The Morgan fingerprint density at radius 3 is 2.54 bits per heavy atom. The number of aromatic nitrogens is 1. The lowest BCUT2D eigenvalue weighted by molar-refractivity contribution is -0.159. The fraction of sp³-hybridized carbons (Fsp3) is 0.412. The van der Waals surface area contributed by atoms with E-state index in [0.717, 1.165) is 16.5 Å². The van der Waals surface area contributed by atoms with Gasteiger partial charge >= 0.3 is 0 Å². The first kappa shape index (κ1) is 16.9. The molecule has 1 fully saturated rings. The van der Waals surface area contributed by atoms with Crippen LogP contribution in [-0.2, 0) is 16.0 Å². The molecular weight excluding hydrogens is 326 g/mol. The van der Waals surface area contributed by atoms with Crippen LogP contribution in [0.3, 0.4) is 0 Å². The zero-order valence-corrected chi connectivity index (χ0v) is 14.7. The Morgan fingerprint density at radius 2 is 1.88 bits per heavy atom. The molecule has 2 unspecified atom stereocenters. The normalized spacial score (nSPS) is 27.4. The van der Waals surface area contributed by atoms with E-state index in [2.05, 4.69) is 15.6 Å². The number of hydrogen-bond acceptors (Lipinski definition) is 4. The lowest BCUT2D eigenvalue weighted by Crippen LogP contribution is -2.75. The maximum atomic E-state index is 12.6. The molecule has 128 valence electrons. The monoisotopic (exact) mass is 347 g/mol. The van der Waals surface area contributed by atoms with Gasteiger partial charge in [-0.05, 0) is 23.8 Å². The van der Waals surface area contributed by atoms with Gasteiger partial charge < -0.3 is 20.7 Å². The van der Waals surface area contributed by atoms with Crippen molar-refractivity contribution >= 4 is 34.5 Å². The molecule has 24 heavy (non-hydrogen) atoms. The maximum absolute atomic E-state index is 12.6. The summed E-state index contributed by atoms with van der Waals surface area (Å²) in [5, 5.41) is 17.0. The van der Waals surface area contributed by atoms with Crippen molar-refractivity contribution in [3.05, 3.63) is 36.0 Å². The first-order valence-electron chi connectivity index (χ1n) is 7.80. The van der Waals surface area contributed by atoms with Gasteiger partial charge in [-0.2, -0.15) is 0 Å². The highest BCUT2D eigenvalue weighted by Gasteiger charge is 2.54. The molecule has 1 aliphatic heterocycles. The largest absolute Gasteiger partial charge is 0.363 e. The molecule has 1 aliphatic rings. The predicted molar refractivity (Wildman–Crippen MR) is 94.3 cm³/mol. The molecule has 7 heteroatoms. The summed E-state index contributed by atoms with van der Waals surface area (Å²) in [4.78, 5) is 27.3. The first-order valence-corrected chi connectivity index (χ1v) is 9.02. The van der Waals surface area contributed by atoms with E-state index < -0.39 is 16.5 Å². The van der Waals surface area contributed by atoms with Crippen LogP contribution >= 0.6 is 11.8 Å². The highest BCUT2D eigenvalue weighted by Crippen LogP contribution is 2.33. The van der Waals surface area contributed by atoms with Gasteiger partial charge in [-0.1, -0.05) is 32.0 Å². The summed E-state index contributed by atoms with van der Waals surface area (Å²) in [5.74, 6) is -1.09. The number of hydrogen-bond donors (Lipinski definition) is 4. The number of piperazine rings is 1. The van der Waals surface area contributed by atoms with Crippen molar-refractivity contribution < 1.29 is 14.7 Å². The summed E-state index contributed by atoms with van der Waals surface area (Å²) in [6.07, 6.45) is 3.52. The number of benzene rings is 1. The third kappa shape index (κ3) is 2.48. The molecule has 2 atom stereocenters. The van der Waals surface area contributed by atoms with Crippen LogP contribution in [0.25, 0.3) is 10.9 Å². The number of H-pyrrole nitrogens is 1. The second kappa shape index (κ2) is 5.82. The third-order valence-electron chi connectivity index (χ3n) is 4.59. The molecule has 1 aromatic heterocycles. The summed E-state index contributed by atoms with van der Waals surface area (Å²) < 4.78 is 0. The second-order valence-electron chi connectivity index (χ2n) is 6.40. The van der Waals surface area contributed by atoms with Crippen LogP contribution in [0.5, 0.6) is 0 Å². The second-order valence-corrected chi connectivity index (χ2v) is 7.45. The van der Waals surface area contributed by atoms with Crippen LogP contribution in [-0.4, -0.2) is 38.8 Å². The highest BCUT2D eigenvalue weighted by molar-refractivity contribution is 8.00. The fourth-order valence-electron chi connectivity index (χ4n) is 3.13. The maximum Gasteiger partial charge on any atom is 0.275 e. The lowest BCUT2D eigenvalue weighted by atomic mass is 9.93. The highest BCUT2D eigenvalue weighted by atomic mass is 32.2. The molecule has 2 heterocycles. The number of para-hydroxylation sites is 1. The van der Waals surface area contributed by atoms with Crippen LogP contribution < -0.4 is 10.6 Å². The van der Waals surface area contributed by atoms with Crippen LogP contribution in [0.4, 0.5) is 0 Å². The smallest absolute Gasteiger partial charge is 0.275 e. The molecule has 0 aliphatic carbocycles. The Morgan fingerprint density at radius 1 is 1.17 bits per heavy atom. The zero-order chi connectivity index (χ0) is 17.5. The molecule has 2 aromatic rings. The van der Waals surface area contributed by atoms with Crippen molar-refractivity contribution in [1.29, 1.82) is 0 Å². The fourth-order valence-corrected chi connectivity index (χ4v) is 4.03. The van der Waals surface area contributed by atoms with Crippen LogP contribution in [0.15, 0.2) is 30.5 Å². The average Bonchev–Trinajstić information content (AvgIpc) is 2.94. The average molecular weight is 347 g/mol. The number of aromatic amines is 1. The van der Waals surface area contributed by atoms with Crippen molar-refractivity contribution in [3.8, 4) is 0 Å². The Balaban J connectivity index is 1.92. The molecule has 3 rings (SSSR count). The Hall–Kier alpha value is -1.99. The number of amides is 2. The van der Waals surface area contributed by atoms with Gasteiger partial charge in [0.2, 0.25) is 5.72 Å². The first-order chi connectivity index (χ1) is 11.3. The van der Waals surface area contributed by atoms with E-state index in [9.17, 15) is 14.7 Å². The zero-order valence-electron chi connectivity index (χ0n) is 13.8. The summed E-state index contributed by atoms with van der Waals surface area (Å²) >= 11 is 1.26. The van der Waals surface area contributed by atoms with E-state index in [4.69, 9.17) is 0 Å². The summed E-state index contributed by atoms with van der Waals surface area (Å²) in [6.45, 7) is 3.72. The van der Waals surface area contributed by atoms with E-state index in [1.165, 1.54) is 11.8 Å². The van der Waals surface area contributed by atoms with E-state index in [0.29, 0.717) is 0 Å². The number of thioether (sulfide) groups is 1. The van der Waals surface area contributed by atoms with Gasteiger partial charge in [0.15, 0.2) is 4.87 Å². The number of carbonyl (C=O) groups excluding carboxylic acids is 2. The number of rotatable bonds is 4. The Kier molecular flexibility index (Phi) is 4.09. The molecule has 4 N–H and O–H groups in total. The van der Waals surface area contributed by atoms with E-state index in [-0.39, 0.29) is 18.2 Å². The number of fused-ring (bicyclic) bond motifs is 1. The van der Waals surface area contributed by atoms with Crippen LogP contribution in [0.2, 0.25) is 0 Å². The molecule has 6 nitrogen and oxygen atoms in total. The predicted octanol–water partition coefficient (Wildman–Crippen LogP) is 1.36. The van der Waals surface area contributed by atoms with Crippen molar-refractivity contribution in [3.63, 3.8) is 0 Å². The van der Waals surface area contributed by atoms with Crippen molar-refractivity contribution in [2.24, 2.45) is 5.92 Å². The standard InChI is InChI=1S/C17H21N3O3S/c1-10(2)17(24-3)15(22)19-16(23,14(21)20-17)8-11-9-18-13-7-5-4-6-12(11)13/h4-7,9-10,18,23H,8H2,1-3H3,(H,19,22)(H,20,21). The molecule has 0 spiro atoms. The van der Waals surface area contributed by atoms with Crippen molar-refractivity contribution in [2.45, 2.75) is 30.9 Å². The summed E-state index contributed by atoms with van der Waals surface area (Å²) in [5.41, 5.74) is -0.278. The number of aliphatic hydroxyl groups is 1. The quantitative estimate of drug-likeness (QED) is 0.672. The molecule has 0 bridgehead atoms.